The molecular formula is C26H23F2N3OS. The van der Waals surface area contributed by atoms with Crippen LogP contribution in [0.15, 0.2) is 53.6 Å². The van der Waals surface area contributed by atoms with Gasteiger partial charge in [-0.3, -0.25) is 9.36 Å². The molecule has 0 saturated heterocycles. The highest BCUT2D eigenvalue weighted by Crippen LogP contribution is 2.35. The Morgan fingerprint density at radius 2 is 1.85 bits per heavy atom. The minimum Gasteiger partial charge on any atom is -0.309 e. The molecule has 33 heavy (non-hydrogen) atoms. The molecule has 6 rings (SSSR count). The van der Waals surface area contributed by atoms with E-state index in [4.69, 9.17) is 0 Å². The van der Waals surface area contributed by atoms with Crippen molar-refractivity contribution < 1.29 is 8.78 Å². The monoisotopic (exact) mass is 463 g/mol. The van der Waals surface area contributed by atoms with Gasteiger partial charge in [-0.1, -0.05) is 36.4 Å². The van der Waals surface area contributed by atoms with Gasteiger partial charge < -0.3 is 5.32 Å². The van der Waals surface area contributed by atoms with Crippen molar-refractivity contribution in [2.45, 2.75) is 50.7 Å². The highest BCUT2D eigenvalue weighted by molar-refractivity contribution is 7.18. The zero-order valence-corrected chi connectivity index (χ0v) is 18.8. The third kappa shape index (κ3) is 3.60. The molecule has 7 heteroatoms. The summed E-state index contributed by atoms with van der Waals surface area (Å²) < 4.78 is 29.3. The molecule has 2 heterocycles. The normalized spacial score (nSPS) is 17.9. The van der Waals surface area contributed by atoms with Crippen molar-refractivity contribution in [1.82, 2.24) is 14.9 Å². The standard InChI is InChI=1S/C26H23F2N3OS/c27-21-7-3-6-17(24(21)28)13-29-18-8-9-20-22(12-18)33-25-23(20)26(32)31(14-30-25)19-10-15-4-1-2-5-16(15)11-19/h1-7,14,18-19,29H,8-13H2/t18-/m1/s1. The van der Waals surface area contributed by atoms with Gasteiger partial charge in [0.15, 0.2) is 11.6 Å². The van der Waals surface area contributed by atoms with Crippen LogP contribution in [0.25, 0.3) is 10.2 Å². The van der Waals surface area contributed by atoms with Gasteiger partial charge in [0.25, 0.3) is 5.56 Å². The van der Waals surface area contributed by atoms with Gasteiger partial charge in [0.1, 0.15) is 4.83 Å². The lowest BCUT2D eigenvalue weighted by Crippen LogP contribution is -2.34. The van der Waals surface area contributed by atoms with E-state index in [-0.39, 0.29) is 24.2 Å². The molecule has 2 aliphatic rings. The van der Waals surface area contributed by atoms with Gasteiger partial charge in [-0.15, -0.1) is 11.3 Å². The molecule has 0 spiro atoms. The number of benzene rings is 2. The molecule has 0 aliphatic heterocycles. The number of hydrogen-bond donors (Lipinski definition) is 1. The highest BCUT2D eigenvalue weighted by atomic mass is 32.1. The van der Waals surface area contributed by atoms with Crippen LogP contribution >= 0.6 is 11.3 Å². The number of hydrogen-bond acceptors (Lipinski definition) is 4. The lowest BCUT2D eigenvalue weighted by molar-refractivity contribution is 0.445. The molecule has 168 valence electrons. The predicted molar refractivity (Wildman–Crippen MR) is 126 cm³/mol. The number of nitrogens with one attached hydrogen (secondary N) is 1. The smallest absolute Gasteiger partial charge is 0.262 e. The summed E-state index contributed by atoms with van der Waals surface area (Å²) in [5.74, 6) is -1.61. The summed E-state index contributed by atoms with van der Waals surface area (Å²) in [5.41, 5.74) is 4.13. The van der Waals surface area contributed by atoms with Crippen LogP contribution in [0.3, 0.4) is 0 Å². The Balaban J connectivity index is 1.24. The van der Waals surface area contributed by atoms with E-state index in [0.717, 1.165) is 54.0 Å². The van der Waals surface area contributed by atoms with Crippen molar-refractivity contribution in [2.75, 3.05) is 0 Å². The van der Waals surface area contributed by atoms with E-state index < -0.39 is 11.6 Å². The molecule has 4 nitrogen and oxygen atoms in total. The molecular weight excluding hydrogens is 440 g/mol. The second-order valence-electron chi connectivity index (χ2n) is 9.01. The number of nitrogens with zero attached hydrogens (tertiary/aromatic N) is 2. The van der Waals surface area contributed by atoms with Gasteiger partial charge in [-0.05, 0) is 54.9 Å². The van der Waals surface area contributed by atoms with E-state index in [9.17, 15) is 13.6 Å². The first-order valence-corrected chi connectivity index (χ1v) is 12.1. The maximum Gasteiger partial charge on any atom is 0.262 e. The summed E-state index contributed by atoms with van der Waals surface area (Å²) in [6, 6.07) is 12.9. The Labute approximate surface area is 193 Å². The molecule has 4 aromatic rings. The Kier molecular flexibility index (Phi) is 5.11. The first kappa shape index (κ1) is 20.7. The maximum absolute atomic E-state index is 14.0. The van der Waals surface area contributed by atoms with Crippen LogP contribution in [0.1, 0.15) is 39.6 Å². The molecule has 0 saturated carbocycles. The van der Waals surface area contributed by atoms with E-state index >= 15 is 0 Å². The molecule has 1 N–H and O–H groups in total. The lowest BCUT2D eigenvalue weighted by atomic mass is 9.93. The van der Waals surface area contributed by atoms with Crippen LogP contribution in [0.4, 0.5) is 8.78 Å². The van der Waals surface area contributed by atoms with Gasteiger partial charge in [-0.2, -0.15) is 0 Å². The third-order valence-corrected chi connectivity index (χ3v) is 8.19. The Hall–Kier alpha value is -2.90. The van der Waals surface area contributed by atoms with Crippen LogP contribution in [0.2, 0.25) is 0 Å². The molecule has 0 bridgehead atoms. The van der Waals surface area contributed by atoms with Gasteiger partial charge >= 0.3 is 0 Å². The number of halogens is 2. The zero-order valence-electron chi connectivity index (χ0n) is 18.0. The van der Waals surface area contributed by atoms with Gasteiger partial charge in [-0.25, -0.2) is 13.8 Å². The number of fused-ring (bicyclic) bond motifs is 4. The van der Waals surface area contributed by atoms with E-state index in [0.29, 0.717) is 5.56 Å². The Morgan fingerprint density at radius 1 is 1.06 bits per heavy atom. The second kappa shape index (κ2) is 8.15. The van der Waals surface area contributed by atoms with Crippen LogP contribution in [0.5, 0.6) is 0 Å². The van der Waals surface area contributed by atoms with Crippen molar-refractivity contribution in [1.29, 1.82) is 0 Å². The summed E-state index contributed by atoms with van der Waals surface area (Å²) >= 11 is 1.58. The molecule has 0 unspecified atom stereocenters. The quantitative estimate of drug-likeness (QED) is 0.476. The van der Waals surface area contributed by atoms with E-state index in [1.807, 2.05) is 16.7 Å². The third-order valence-electron chi connectivity index (χ3n) is 7.03. The molecule has 2 aromatic carbocycles. The Morgan fingerprint density at radius 3 is 2.64 bits per heavy atom. The minimum atomic E-state index is -0.822. The van der Waals surface area contributed by atoms with Gasteiger partial charge in [0.2, 0.25) is 0 Å². The summed E-state index contributed by atoms with van der Waals surface area (Å²) in [7, 11) is 0. The SMILES string of the molecule is O=c1c2c3c(sc2ncn1C1Cc2ccccc2C1)C[C@H](NCc1cccc(F)c1F)CC3. The first-order valence-electron chi connectivity index (χ1n) is 11.3. The summed E-state index contributed by atoms with van der Waals surface area (Å²) in [5, 5.41) is 4.14. The van der Waals surface area contributed by atoms with Gasteiger partial charge in [0, 0.05) is 29.1 Å². The van der Waals surface area contributed by atoms with E-state index in [1.54, 1.807) is 23.7 Å². The summed E-state index contributed by atoms with van der Waals surface area (Å²) in [6.45, 7) is 0.280. The molecule has 0 fully saturated rings. The van der Waals surface area contributed by atoms with Crippen molar-refractivity contribution in [2.24, 2.45) is 0 Å². The number of aromatic nitrogens is 2. The van der Waals surface area contributed by atoms with Crippen molar-refractivity contribution in [3.05, 3.63) is 97.9 Å². The van der Waals surface area contributed by atoms with E-state index in [1.165, 1.54) is 22.1 Å². The van der Waals surface area contributed by atoms with E-state index in [2.05, 4.69) is 22.4 Å². The van der Waals surface area contributed by atoms with Crippen LogP contribution in [0, 0.1) is 11.6 Å². The average molecular weight is 464 g/mol. The highest BCUT2D eigenvalue weighted by Gasteiger charge is 2.28. The summed E-state index contributed by atoms with van der Waals surface area (Å²) in [4.78, 5) is 20.1. The van der Waals surface area contributed by atoms with Crippen molar-refractivity contribution in [3.8, 4) is 0 Å². The van der Waals surface area contributed by atoms with Crippen molar-refractivity contribution in [3.63, 3.8) is 0 Å². The number of aryl methyl sites for hydroxylation is 1. The maximum atomic E-state index is 14.0. The molecule has 1 atom stereocenters. The summed E-state index contributed by atoms with van der Waals surface area (Å²) in [6.07, 6.45) is 5.83. The predicted octanol–water partition coefficient (Wildman–Crippen LogP) is 4.72. The van der Waals surface area contributed by atoms with Crippen LogP contribution in [-0.4, -0.2) is 15.6 Å². The molecule has 0 amide bonds. The fraction of sp³-hybridized carbons (Fsp3) is 0.308. The minimum absolute atomic E-state index is 0.0588. The lowest BCUT2D eigenvalue weighted by Gasteiger charge is -2.23. The molecule has 2 aliphatic carbocycles. The molecule has 0 radical (unpaired) electrons. The number of thiophene rings is 1. The fourth-order valence-electron chi connectivity index (χ4n) is 5.29. The molecule has 2 aromatic heterocycles. The van der Waals surface area contributed by atoms with Crippen molar-refractivity contribution >= 4 is 21.6 Å². The van der Waals surface area contributed by atoms with Crippen LogP contribution < -0.4 is 10.9 Å². The fourth-order valence-corrected chi connectivity index (χ4v) is 6.54. The van der Waals surface area contributed by atoms with Gasteiger partial charge in [0.05, 0.1) is 11.7 Å². The average Bonchev–Trinajstić information content (AvgIpc) is 3.41. The Bertz CT molecular complexity index is 1400. The largest absolute Gasteiger partial charge is 0.309 e. The second-order valence-corrected chi connectivity index (χ2v) is 10.1. The first-order chi connectivity index (χ1) is 16.1. The van der Waals surface area contributed by atoms with Crippen LogP contribution in [-0.2, 0) is 32.2 Å². The zero-order chi connectivity index (χ0) is 22.5. The number of rotatable bonds is 4. The topological polar surface area (TPSA) is 46.9 Å².